The second-order valence-electron chi connectivity index (χ2n) is 4.92. The Morgan fingerprint density at radius 2 is 2.24 bits per heavy atom. The van der Waals surface area contributed by atoms with Crippen LogP contribution in [0.4, 0.5) is 5.13 Å². The van der Waals surface area contributed by atoms with Crippen molar-refractivity contribution in [2.75, 3.05) is 5.73 Å². The molecule has 0 unspecified atom stereocenters. The number of hydrogen-bond donors (Lipinski definition) is 2. The van der Waals surface area contributed by atoms with E-state index in [-0.39, 0.29) is 5.91 Å². The molecule has 0 bridgehead atoms. The van der Waals surface area contributed by atoms with E-state index in [4.69, 9.17) is 10.5 Å². The van der Waals surface area contributed by atoms with Crippen molar-refractivity contribution < 1.29 is 9.53 Å². The molecule has 0 aliphatic rings. The van der Waals surface area contributed by atoms with Gasteiger partial charge >= 0.3 is 0 Å². The molecule has 0 saturated heterocycles. The molecule has 0 fully saturated rings. The fourth-order valence-electron chi connectivity index (χ4n) is 1.80. The van der Waals surface area contributed by atoms with Crippen LogP contribution >= 0.6 is 11.3 Å². The average molecular weight is 305 g/mol. The van der Waals surface area contributed by atoms with Gasteiger partial charge in [-0.3, -0.25) is 4.79 Å². The molecule has 2 aromatic rings. The monoisotopic (exact) mass is 305 g/mol. The van der Waals surface area contributed by atoms with E-state index in [0.717, 1.165) is 22.6 Å². The van der Waals surface area contributed by atoms with E-state index in [0.29, 0.717) is 11.7 Å². The predicted octanol–water partition coefficient (Wildman–Crippen LogP) is 2.43. The fraction of sp³-hybridized carbons (Fsp3) is 0.333. The van der Waals surface area contributed by atoms with E-state index in [1.165, 1.54) is 11.3 Å². The highest BCUT2D eigenvalue weighted by atomic mass is 32.1. The summed E-state index contributed by atoms with van der Waals surface area (Å²) in [6.45, 7) is 6.03. The van der Waals surface area contributed by atoms with Crippen molar-refractivity contribution in [1.29, 1.82) is 0 Å². The highest BCUT2D eigenvalue weighted by Gasteiger charge is 2.15. The first-order valence-electron chi connectivity index (χ1n) is 6.67. The van der Waals surface area contributed by atoms with E-state index >= 15 is 0 Å². The number of aryl methyl sites for hydroxylation is 2. The molecular weight excluding hydrogens is 286 g/mol. The predicted molar refractivity (Wildman–Crippen MR) is 84.4 cm³/mol. The van der Waals surface area contributed by atoms with Gasteiger partial charge in [-0.1, -0.05) is 12.1 Å². The number of benzene rings is 1. The van der Waals surface area contributed by atoms with Gasteiger partial charge < -0.3 is 15.8 Å². The van der Waals surface area contributed by atoms with Gasteiger partial charge in [0.05, 0.1) is 12.2 Å². The van der Waals surface area contributed by atoms with Gasteiger partial charge in [0.25, 0.3) is 5.91 Å². The number of thiazole rings is 1. The summed E-state index contributed by atoms with van der Waals surface area (Å²) in [5.41, 5.74) is 8.41. The van der Waals surface area contributed by atoms with E-state index in [9.17, 15) is 4.79 Å². The van der Waals surface area contributed by atoms with E-state index < -0.39 is 6.10 Å². The summed E-state index contributed by atoms with van der Waals surface area (Å²) in [4.78, 5) is 16.1. The first-order chi connectivity index (χ1) is 9.95. The average Bonchev–Trinajstić information content (AvgIpc) is 2.86. The Hall–Kier alpha value is -2.08. The lowest BCUT2D eigenvalue weighted by Gasteiger charge is -2.16. The lowest BCUT2D eigenvalue weighted by Crippen LogP contribution is -2.36. The minimum Gasteiger partial charge on any atom is -0.481 e. The van der Waals surface area contributed by atoms with Gasteiger partial charge in [0, 0.05) is 5.38 Å². The number of hydrogen-bond acceptors (Lipinski definition) is 5. The van der Waals surface area contributed by atoms with Gasteiger partial charge in [0.15, 0.2) is 11.2 Å². The molecule has 21 heavy (non-hydrogen) atoms. The lowest BCUT2D eigenvalue weighted by atomic mass is 10.1. The molecule has 6 heteroatoms. The van der Waals surface area contributed by atoms with Gasteiger partial charge in [-0.05, 0) is 38.0 Å². The first-order valence-corrected chi connectivity index (χ1v) is 7.55. The van der Waals surface area contributed by atoms with E-state index in [2.05, 4.69) is 10.3 Å². The normalized spacial score (nSPS) is 12.0. The summed E-state index contributed by atoms with van der Waals surface area (Å²) in [5.74, 6) is 0.554. The third kappa shape index (κ3) is 4.19. The topological polar surface area (TPSA) is 77.2 Å². The molecule has 2 rings (SSSR count). The summed E-state index contributed by atoms with van der Waals surface area (Å²) < 4.78 is 5.73. The van der Waals surface area contributed by atoms with Crippen LogP contribution in [0, 0.1) is 13.8 Å². The molecule has 1 aromatic carbocycles. The number of nitrogens with two attached hydrogens (primary N) is 1. The standard InChI is InChI=1S/C15H19N3O2S/c1-9-4-5-10(2)13(6-9)20-11(3)14(19)17-7-12-8-21-15(16)18-12/h4-6,8,11H,7H2,1-3H3,(H2,16,18)(H,17,19)/t11-/m0/s1. The summed E-state index contributed by atoms with van der Waals surface area (Å²) in [7, 11) is 0. The van der Waals surface area contributed by atoms with Crippen molar-refractivity contribution in [2.24, 2.45) is 0 Å². The highest BCUT2D eigenvalue weighted by molar-refractivity contribution is 7.13. The number of carbonyl (C=O) groups is 1. The molecule has 112 valence electrons. The van der Waals surface area contributed by atoms with Gasteiger partial charge in [-0.2, -0.15) is 0 Å². The van der Waals surface area contributed by atoms with Crippen LogP contribution in [0.3, 0.4) is 0 Å². The van der Waals surface area contributed by atoms with Crippen LogP contribution < -0.4 is 15.8 Å². The zero-order chi connectivity index (χ0) is 15.4. The molecule has 1 heterocycles. The third-order valence-corrected chi connectivity index (χ3v) is 3.75. The Balaban J connectivity index is 1.91. The van der Waals surface area contributed by atoms with Crippen LogP contribution in [0.1, 0.15) is 23.7 Å². The van der Waals surface area contributed by atoms with Crippen molar-refractivity contribution in [1.82, 2.24) is 10.3 Å². The molecule has 1 amide bonds. The molecular formula is C15H19N3O2S. The Kier molecular flexibility index (Phi) is 4.80. The molecule has 3 N–H and O–H groups in total. The van der Waals surface area contributed by atoms with Gasteiger partial charge in [-0.15, -0.1) is 11.3 Å². The Morgan fingerprint density at radius 3 is 2.90 bits per heavy atom. The van der Waals surface area contributed by atoms with Crippen LogP contribution in [-0.4, -0.2) is 17.0 Å². The van der Waals surface area contributed by atoms with Crippen molar-refractivity contribution in [3.05, 3.63) is 40.4 Å². The fourth-order valence-corrected chi connectivity index (χ4v) is 2.37. The zero-order valence-electron chi connectivity index (χ0n) is 12.3. The maximum Gasteiger partial charge on any atom is 0.261 e. The maximum absolute atomic E-state index is 12.0. The summed E-state index contributed by atoms with van der Waals surface area (Å²) >= 11 is 1.35. The SMILES string of the molecule is Cc1ccc(C)c(O[C@@H](C)C(=O)NCc2csc(N)n2)c1. The maximum atomic E-state index is 12.0. The van der Waals surface area contributed by atoms with Gasteiger partial charge in [-0.25, -0.2) is 4.98 Å². The molecule has 0 aliphatic carbocycles. The molecule has 0 radical (unpaired) electrons. The summed E-state index contributed by atoms with van der Waals surface area (Å²) in [6, 6.07) is 5.92. The lowest BCUT2D eigenvalue weighted by molar-refractivity contribution is -0.127. The molecule has 1 aromatic heterocycles. The minimum atomic E-state index is -0.568. The highest BCUT2D eigenvalue weighted by Crippen LogP contribution is 2.20. The number of nitrogens with zero attached hydrogens (tertiary/aromatic N) is 1. The Labute approximate surface area is 128 Å². The number of amides is 1. The third-order valence-electron chi connectivity index (χ3n) is 3.03. The van der Waals surface area contributed by atoms with Crippen molar-refractivity contribution in [3.63, 3.8) is 0 Å². The molecule has 0 saturated carbocycles. The minimum absolute atomic E-state index is 0.178. The number of nitrogen functional groups attached to an aromatic ring is 1. The summed E-state index contributed by atoms with van der Waals surface area (Å²) in [6.07, 6.45) is -0.568. The van der Waals surface area contributed by atoms with Crippen LogP contribution in [0.2, 0.25) is 0 Å². The Morgan fingerprint density at radius 1 is 1.48 bits per heavy atom. The van der Waals surface area contributed by atoms with Crippen LogP contribution in [0.25, 0.3) is 0 Å². The molecule has 0 aliphatic heterocycles. The smallest absolute Gasteiger partial charge is 0.261 e. The van der Waals surface area contributed by atoms with Crippen molar-refractivity contribution in [2.45, 2.75) is 33.4 Å². The first kappa shape index (κ1) is 15.3. The Bertz CT molecular complexity index is 640. The van der Waals surface area contributed by atoms with Crippen LogP contribution in [0.5, 0.6) is 5.75 Å². The van der Waals surface area contributed by atoms with Crippen LogP contribution in [0.15, 0.2) is 23.6 Å². The molecule has 0 spiro atoms. The van der Waals surface area contributed by atoms with Crippen molar-refractivity contribution in [3.8, 4) is 5.75 Å². The van der Waals surface area contributed by atoms with E-state index in [1.54, 1.807) is 6.92 Å². The number of ether oxygens (including phenoxy) is 1. The molecule has 5 nitrogen and oxygen atoms in total. The van der Waals surface area contributed by atoms with E-state index in [1.807, 2.05) is 37.4 Å². The number of rotatable bonds is 5. The largest absolute Gasteiger partial charge is 0.481 e. The van der Waals surface area contributed by atoms with Crippen molar-refractivity contribution >= 4 is 22.4 Å². The number of nitrogens with one attached hydrogen (secondary N) is 1. The zero-order valence-corrected chi connectivity index (χ0v) is 13.2. The molecule has 1 atom stereocenters. The number of anilines is 1. The van der Waals surface area contributed by atoms with Crippen LogP contribution in [-0.2, 0) is 11.3 Å². The van der Waals surface area contributed by atoms with Gasteiger partial charge in [0.2, 0.25) is 0 Å². The number of carbonyl (C=O) groups excluding carboxylic acids is 1. The second kappa shape index (κ2) is 6.58. The quantitative estimate of drug-likeness (QED) is 0.889. The summed E-state index contributed by atoms with van der Waals surface area (Å²) in [5, 5.41) is 5.12. The second-order valence-corrected chi connectivity index (χ2v) is 5.81. The number of aromatic nitrogens is 1. The van der Waals surface area contributed by atoms with Gasteiger partial charge in [0.1, 0.15) is 5.75 Å².